The Labute approximate surface area is 165 Å². The first kappa shape index (κ1) is 18.1. The van der Waals surface area contributed by atoms with Crippen LogP contribution in [0.25, 0.3) is 17.1 Å². The van der Waals surface area contributed by atoms with Gasteiger partial charge in [0.2, 0.25) is 4.77 Å². The maximum Gasteiger partial charge on any atom is 0.204 e. The molecule has 0 saturated carbocycles. The van der Waals surface area contributed by atoms with E-state index in [1.807, 2.05) is 41.2 Å². The summed E-state index contributed by atoms with van der Waals surface area (Å²) < 4.78 is 4.74. The minimum absolute atomic E-state index is 0.724. The fourth-order valence-corrected chi connectivity index (χ4v) is 3.93. The third-order valence-corrected chi connectivity index (χ3v) is 5.45. The Balaban J connectivity index is 1.73. The van der Waals surface area contributed by atoms with Crippen LogP contribution in [0.2, 0.25) is 0 Å². The number of benzene rings is 1. The molecule has 0 N–H and O–H groups in total. The first-order valence-electron chi connectivity index (χ1n) is 9.71. The molecule has 1 aromatic carbocycles. The molecule has 3 heterocycles. The molecule has 27 heavy (non-hydrogen) atoms. The molecule has 2 aromatic heterocycles. The highest BCUT2D eigenvalue weighted by Crippen LogP contribution is 2.22. The quantitative estimate of drug-likeness (QED) is 0.617. The number of aromatic nitrogens is 4. The maximum atomic E-state index is 5.84. The highest BCUT2D eigenvalue weighted by molar-refractivity contribution is 7.71. The highest BCUT2D eigenvalue weighted by atomic mass is 32.1. The lowest BCUT2D eigenvalue weighted by molar-refractivity contribution is 0.188. The number of rotatable bonds is 4. The first-order chi connectivity index (χ1) is 13.3. The molecule has 0 bridgehead atoms. The number of hydrogen-bond acceptors (Lipinski definition) is 4. The minimum atomic E-state index is 0.724. The van der Waals surface area contributed by atoms with Gasteiger partial charge in [-0.2, -0.15) is 0 Å². The molecule has 0 atom stereocenters. The molecule has 0 aliphatic carbocycles. The van der Waals surface area contributed by atoms with Crippen LogP contribution in [0.4, 0.5) is 0 Å². The Morgan fingerprint density at radius 2 is 1.63 bits per heavy atom. The molecule has 4 rings (SSSR count). The number of hydrogen-bond donors (Lipinski definition) is 0. The Bertz CT molecular complexity index is 909. The van der Waals surface area contributed by atoms with E-state index in [-0.39, 0.29) is 0 Å². The monoisotopic (exact) mass is 379 g/mol. The van der Waals surface area contributed by atoms with Crippen molar-refractivity contribution in [3.63, 3.8) is 0 Å². The molecule has 0 unspecified atom stereocenters. The predicted octanol–water partition coefficient (Wildman–Crippen LogP) is 4.69. The second-order valence-electron chi connectivity index (χ2n) is 7.05. The van der Waals surface area contributed by atoms with Gasteiger partial charge in [-0.1, -0.05) is 37.5 Å². The van der Waals surface area contributed by atoms with Gasteiger partial charge >= 0.3 is 0 Å². The molecule has 0 spiro atoms. The van der Waals surface area contributed by atoms with E-state index in [1.54, 1.807) is 6.20 Å². The molecular formula is C21H25N5S. The second-order valence-corrected chi connectivity index (χ2v) is 7.41. The molecule has 1 fully saturated rings. The average Bonchev–Trinajstić information content (AvgIpc) is 3.01. The van der Waals surface area contributed by atoms with Gasteiger partial charge in [0.25, 0.3) is 0 Å². The van der Waals surface area contributed by atoms with E-state index in [0.29, 0.717) is 0 Å². The molecule has 140 valence electrons. The topological polar surface area (TPSA) is 38.9 Å². The lowest BCUT2D eigenvalue weighted by Gasteiger charge is -2.24. The number of pyridine rings is 1. The van der Waals surface area contributed by atoms with Crippen LogP contribution in [0.3, 0.4) is 0 Å². The van der Waals surface area contributed by atoms with Gasteiger partial charge in [-0.15, -0.1) is 5.10 Å². The van der Waals surface area contributed by atoms with Gasteiger partial charge in [-0.25, -0.2) is 4.68 Å². The third-order valence-electron chi connectivity index (χ3n) is 5.06. The summed E-state index contributed by atoms with van der Waals surface area (Å²) in [6, 6.07) is 14.2. The SMILES string of the molecule is S=c1n(CN2CCCCCCC2)nc(-c2cccnc2)n1-c1ccccc1. The lowest BCUT2D eigenvalue weighted by Crippen LogP contribution is -2.30. The molecule has 6 heteroatoms. The summed E-state index contributed by atoms with van der Waals surface area (Å²) in [5, 5.41) is 4.90. The van der Waals surface area contributed by atoms with Crippen LogP contribution >= 0.6 is 12.2 Å². The van der Waals surface area contributed by atoms with Gasteiger partial charge in [0, 0.05) is 23.6 Å². The van der Waals surface area contributed by atoms with Crippen molar-refractivity contribution in [2.75, 3.05) is 13.1 Å². The zero-order chi connectivity index (χ0) is 18.5. The summed E-state index contributed by atoms with van der Waals surface area (Å²) in [7, 11) is 0. The fourth-order valence-electron chi connectivity index (χ4n) is 3.64. The Hall–Kier alpha value is -2.31. The Morgan fingerprint density at radius 3 is 2.33 bits per heavy atom. The van der Waals surface area contributed by atoms with Gasteiger partial charge in [0.05, 0.1) is 6.67 Å². The van der Waals surface area contributed by atoms with Crippen LogP contribution in [-0.2, 0) is 6.67 Å². The first-order valence-corrected chi connectivity index (χ1v) is 10.1. The van der Waals surface area contributed by atoms with E-state index < -0.39 is 0 Å². The number of nitrogens with zero attached hydrogens (tertiary/aromatic N) is 5. The van der Waals surface area contributed by atoms with Crippen molar-refractivity contribution in [3.05, 3.63) is 59.6 Å². The van der Waals surface area contributed by atoms with Crippen LogP contribution in [-0.4, -0.2) is 37.3 Å². The maximum absolute atomic E-state index is 5.84. The van der Waals surface area contributed by atoms with E-state index in [2.05, 4.69) is 26.6 Å². The van der Waals surface area contributed by atoms with Gasteiger partial charge in [0.15, 0.2) is 5.82 Å². The van der Waals surface area contributed by atoms with Crippen LogP contribution in [0.15, 0.2) is 54.9 Å². The summed E-state index contributed by atoms with van der Waals surface area (Å²) in [6.45, 7) is 2.97. The predicted molar refractivity (Wildman–Crippen MR) is 110 cm³/mol. The van der Waals surface area contributed by atoms with Crippen molar-refractivity contribution in [3.8, 4) is 17.1 Å². The van der Waals surface area contributed by atoms with Gasteiger partial charge in [-0.05, 0) is 62.4 Å². The zero-order valence-electron chi connectivity index (χ0n) is 15.5. The molecule has 5 nitrogen and oxygen atoms in total. The molecular weight excluding hydrogens is 354 g/mol. The Morgan fingerprint density at radius 1 is 0.889 bits per heavy atom. The van der Waals surface area contributed by atoms with Crippen LogP contribution in [0.5, 0.6) is 0 Å². The van der Waals surface area contributed by atoms with Crippen molar-refractivity contribution in [2.24, 2.45) is 0 Å². The van der Waals surface area contributed by atoms with E-state index in [9.17, 15) is 0 Å². The van der Waals surface area contributed by atoms with E-state index in [0.717, 1.165) is 41.6 Å². The summed E-state index contributed by atoms with van der Waals surface area (Å²) in [5.41, 5.74) is 2.00. The summed E-state index contributed by atoms with van der Waals surface area (Å²) in [6.07, 6.45) is 10.1. The summed E-state index contributed by atoms with van der Waals surface area (Å²) in [4.78, 5) is 6.74. The van der Waals surface area contributed by atoms with Gasteiger partial charge < -0.3 is 0 Å². The third kappa shape index (κ3) is 4.17. The normalized spacial score (nSPS) is 16.0. The Kier molecular flexibility index (Phi) is 5.75. The highest BCUT2D eigenvalue weighted by Gasteiger charge is 2.17. The van der Waals surface area contributed by atoms with Crippen molar-refractivity contribution in [1.29, 1.82) is 0 Å². The zero-order valence-corrected chi connectivity index (χ0v) is 16.3. The number of likely N-dealkylation sites (tertiary alicyclic amines) is 1. The second kappa shape index (κ2) is 8.59. The molecule has 0 radical (unpaired) electrons. The van der Waals surface area contributed by atoms with Crippen molar-refractivity contribution >= 4 is 12.2 Å². The summed E-state index contributed by atoms with van der Waals surface area (Å²) in [5.74, 6) is 0.839. The van der Waals surface area contributed by atoms with E-state index in [1.165, 1.54) is 32.1 Å². The largest absolute Gasteiger partial charge is 0.284 e. The lowest BCUT2D eigenvalue weighted by atomic mass is 10.1. The van der Waals surface area contributed by atoms with Crippen LogP contribution in [0, 0.1) is 4.77 Å². The standard InChI is InChI=1S/C21H25N5S/c27-21-25(17-24-14-7-2-1-3-8-15-24)23-20(18-10-9-13-22-16-18)26(21)19-11-5-4-6-12-19/h4-6,9-13,16H,1-3,7-8,14-15,17H2. The molecule has 1 aliphatic heterocycles. The fraction of sp³-hybridized carbons (Fsp3) is 0.381. The number of para-hydroxylation sites is 1. The van der Waals surface area contributed by atoms with E-state index in [4.69, 9.17) is 17.3 Å². The van der Waals surface area contributed by atoms with Crippen molar-refractivity contribution < 1.29 is 0 Å². The molecule has 3 aromatic rings. The van der Waals surface area contributed by atoms with Crippen LogP contribution < -0.4 is 0 Å². The van der Waals surface area contributed by atoms with E-state index >= 15 is 0 Å². The van der Waals surface area contributed by atoms with Gasteiger partial charge in [0.1, 0.15) is 0 Å². The smallest absolute Gasteiger partial charge is 0.204 e. The summed E-state index contributed by atoms with van der Waals surface area (Å²) >= 11 is 5.84. The average molecular weight is 380 g/mol. The van der Waals surface area contributed by atoms with Crippen LogP contribution in [0.1, 0.15) is 32.1 Å². The van der Waals surface area contributed by atoms with Gasteiger partial charge in [-0.3, -0.25) is 14.5 Å². The van der Waals surface area contributed by atoms with Crippen molar-refractivity contribution in [1.82, 2.24) is 24.2 Å². The molecule has 0 amide bonds. The molecule has 1 aliphatic rings. The van der Waals surface area contributed by atoms with Crippen molar-refractivity contribution in [2.45, 2.75) is 38.8 Å². The molecule has 1 saturated heterocycles. The minimum Gasteiger partial charge on any atom is -0.284 e.